The number of methoxy groups -OCH3 is 1. The molecule has 0 spiro atoms. The van der Waals surface area contributed by atoms with Gasteiger partial charge in [-0.05, 0) is 97.8 Å². The Hall–Kier alpha value is -2.07. The monoisotopic (exact) mass is 392 g/mol. The highest BCUT2D eigenvalue weighted by molar-refractivity contribution is 5.53. The van der Waals surface area contributed by atoms with E-state index in [1.54, 1.807) is 7.11 Å². The summed E-state index contributed by atoms with van der Waals surface area (Å²) in [6.07, 6.45) is 9.35. The lowest BCUT2D eigenvalue weighted by Gasteiger charge is -2.49. The number of aliphatic hydroxyl groups is 1. The van der Waals surface area contributed by atoms with Crippen LogP contribution in [0.1, 0.15) is 62.3 Å². The van der Waals surface area contributed by atoms with E-state index in [1.807, 2.05) is 10.9 Å². The number of fused-ring (bicyclic) bond motifs is 5. The van der Waals surface area contributed by atoms with Crippen LogP contribution in [0.5, 0.6) is 5.75 Å². The molecule has 154 valence electrons. The summed E-state index contributed by atoms with van der Waals surface area (Å²) in [6, 6.07) is 8.71. The first-order chi connectivity index (χ1) is 14.0. The van der Waals surface area contributed by atoms with Gasteiger partial charge in [0.1, 0.15) is 5.75 Å². The number of ether oxygens (including phenoxy) is 1. The Morgan fingerprint density at radius 2 is 2.17 bits per heavy atom. The van der Waals surface area contributed by atoms with Crippen LogP contribution < -0.4 is 4.74 Å². The number of nitrogens with zero attached hydrogens (tertiary/aromatic N) is 2. The molecule has 0 aliphatic heterocycles. The van der Waals surface area contributed by atoms with Gasteiger partial charge >= 0.3 is 0 Å². The second kappa shape index (κ2) is 7.02. The van der Waals surface area contributed by atoms with Gasteiger partial charge in [-0.1, -0.05) is 13.0 Å². The maximum atomic E-state index is 11.3. The molecule has 2 saturated carbocycles. The molecule has 5 rings (SSSR count). The first-order valence-corrected chi connectivity index (χ1v) is 11.1. The quantitative estimate of drug-likeness (QED) is 0.814. The van der Waals surface area contributed by atoms with Gasteiger partial charge in [0.15, 0.2) is 0 Å². The minimum atomic E-state index is -0.342. The minimum absolute atomic E-state index is 0.00591. The van der Waals surface area contributed by atoms with Crippen LogP contribution in [-0.2, 0) is 13.0 Å². The predicted octanol–water partition coefficient (Wildman–Crippen LogP) is 4.82. The zero-order valence-electron chi connectivity index (χ0n) is 17.8. The number of aliphatic hydroxyl groups excluding tert-OH is 1. The fourth-order valence-electron chi connectivity index (χ4n) is 6.60. The van der Waals surface area contributed by atoms with E-state index in [0.29, 0.717) is 17.8 Å². The molecule has 29 heavy (non-hydrogen) atoms. The zero-order chi connectivity index (χ0) is 20.2. The maximum Gasteiger partial charge on any atom is 0.119 e. The molecule has 2 aromatic rings. The number of rotatable bonds is 3. The van der Waals surface area contributed by atoms with Crippen LogP contribution in [0, 0.1) is 17.3 Å². The van der Waals surface area contributed by atoms with Crippen LogP contribution in [-0.4, -0.2) is 28.1 Å². The number of hydrogen-bond acceptors (Lipinski definition) is 3. The Labute approximate surface area is 173 Å². The lowest BCUT2D eigenvalue weighted by molar-refractivity contribution is -0.0158. The number of benzene rings is 1. The van der Waals surface area contributed by atoms with Gasteiger partial charge < -0.3 is 9.84 Å². The van der Waals surface area contributed by atoms with Crippen molar-refractivity contribution in [1.29, 1.82) is 0 Å². The third kappa shape index (κ3) is 2.87. The summed E-state index contributed by atoms with van der Waals surface area (Å²) in [4.78, 5) is 0. The lowest BCUT2D eigenvalue weighted by Crippen LogP contribution is -2.44. The van der Waals surface area contributed by atoms with Gasteiger partial charge in [-0.3, -0.25) is 4.68 Å². The fourth-order valence-corrected chi connectivity index (χ4v) is 6.60. The van der Waals surface area contributed by atoms with Crippen LogP contribution in [0.3, 0.4) is 0 Å². The highest BCUT2D eigenvalue weighted by atomic mass is 16.5. The van der Waals surface area contributed by atoms with E-state index in [-0.39, 0.29) is 11.5 Å². The molecule has 0 radical (unpaired) electrons. The van der Waals surface area contributed by atoms with Crippen LogP contribution in [0.4, 0.5) is 0 Å². The molecular weight excluding hydrogens is 360 g/mol. The molecule has 0 bridgehead atoms. The van der Waals surface area contributed by atoms with E-state index in [9.17, 15) is 5.11 Å². The number of aryl methyl sites for hydroxylation is 2. The summed E-state index contributed by atoms with van der Waals surface area (Å²) in [7, 11) is 1.75. The molecule has 5 atom stereocenters. The molecule has 1 N–H and O–H groups in total. The summed E-state index contributed by atoms with van der Waals surface area (Å²) in [5, 5.41) is 15.7. The Balaban J connectivity index is 1.47. The molecule has 3 aliphatic rings. The lowest BCUT2D eigenvalue weighted by atomic mass is 9.55. The standard InChI is InChI=1S/C25H32N2O2/c1-4-27-18(10-12-26-27)13-17-15-23-22-7-5-16-14-19(29-3)6-8-20(16)21(22)9-11-25(23,2)24(17)28/h6,8,10,12-14,21-24,28H,4-5,7,9,11,15H2,1-3H3/b17-13+. The van der Waals surface area contributed by atoms with Gasteiger partial charge in [0.2, 0.25) is 0 Å². The summed E-state index contributed by atoms with van der Waals surface area (Å²) < 4.78 is 7.46. The Morgan fingerprint density at radius 1 is 1.31 bits per heavy atom. The molecule has 1 heterocycles. The van der Waals surface area contributed by atoms with Gasteiger partial charge in [-0.15, -0.1) is 0 Å². The fraction of sp³-hybridized carbons (Fsp3) is 0.560. The zero-order valence-corrected chi connectivity index (χ0v) is 17.8. The van der Waals surface area contributed by atoms with E-state index in [2.05, 4.69) is 49.3 Å². The third-order valence-electron chi connectivity index (χ3n) is 8.19. The molecular formula is C25H32N2O2. The van der Waals surface area contributed by atoms with Crippen molar-refractivity contribution in [3.8, 4) is 5.75 Å². The van der Waals surface area contributed by atoms with Crippen molar-refractivity contribution in [3.63, 3.8) is 0 Å². The average Bonchev–Trinajstić information content (AvgIpc) is 3.30. The molecule has 3 aliphatic carbocycles. The van der Waals surface area contributed by atoms with Crippen LogP contribution in [0.15, 0.2) is 36.0 Å². The van der Waals surface area contributed by atoms with Gasteiger partial charge in [-0.25, -0.2) is 0 Å². The molecule has 0 amide bonds. The van der Waals surface area contributed by atoms with Gasteiger partial charge in [0, 0.05) is 18.2 Å². The molecule has 4 heteroatoms. The first kappa shape index (κ1) is 18.9. The largest absolute Gasteiger partial charge is 0.497 e. The SMILES string of the molecule is CCn1nccc1/C=C1\CC2C3CCc4cc(OC)ccc4C3CCC2(C)C1O. The molecule has 4 nitrogen and oxygen atoms in total. The second-order valence-electron chi connectivity index (χ2n) is 9.42. The van der Waals surface area contributed by atoms with Crippen molar-refractivity contribution in [2.45, 2.75) is 64.5 Å². The molecule has 0 saturated heterocycles. The first-order valence-electron chi connectivity index (χ1n) is 11.1. The highest BCUT2D eigenvalue weighted by Crippen LogP contribution is 2.62. The minimum Gasteiger partial charge on any atom is -0.497 e. The molecule has 2 fully saturated rings. The topological polar surface area (TPSA) is 47.3 Å². The summed E-state index contributed by atoms with van der Waals surface area (Å²) in [5.74, 6) is 2.80. The Kier molecular flexibility index (Phi) is 4.58. The van der Waals surface area contributed by atoms with Gasteiger partial charge in [0.25, 0.3) is 0 Å². The van der Waals surface area contributed by atoms with Crippen molar-refractivity contribution < 1.29 is 9.84 Å². The normalized spacial score (nSPS) is 34.6. The molecule has 5 unspecified atom stereocenters. The van der Waals surface area contributed by atoms with E-state index in [1.165, 1.54) is 29.5 Å². The maximum absolute atomic E-state index is 11.3. The van der Waals surface area contributed by atoms with Crippen LogP contribution in [0.2, 0.25) is 0 Å². The summed E-state index contributed by atoms with van der Waals surface area (Å²) in [5.41, 5.74) is 5.30. The smallest absolute Gasteiger partial charge is 0.119 e. The summed E-state index contributed by atoms with van der Waals surface area (Å²) >= 11 is 0. The van der Waals surface area contributed by atoms with E-state index in [0.717, 1.165) is 37.3 Å². The van der Waals surface area contributed by atoms with E-state index >= 15 is 0 Å². The average molecular weight is 393 g/mol. The van der Waals surface area contributed by atoms with Crippen molar-refractivity contribution >= 4 is 6.08 Å². The van der Waals surface area contributed by atoms with Gasteiger partial charge in [-0.2, -0.15) is 5.10 Å². The van der Waals surface area contributed by atoms with Crippen molar-refractivity contribution in [2.75, 3.05) is 7.11 Å². The van der Waals surface area contributed by atoms with Crippen molar-refractivity contribution in [2.24, 2.45) is 17.3 Å². The van der Waals surface area contributed by atoms with Crippen molar-refractivity contribution in [1.82, 2.24) is 9.78 Å². The van der Waals surface area contributed by atoms with Crippen LogP contribution in [0.25, 0.3) is 6.08 Å². The number of hydrogen-bond donors (Lipinski definition) is 1. The molecule has 1 aromatic heterocycles. The predicted molar refractivity (Wildman–Crippen MR) is 115 cm³/mol. The van der Waals surface area contributed by atoms with Gasteiger partial charge in [0.05, 0.1) is 18.9 Å². The third-order valence-corrected chi connectivity index (χ3v) is 8.19. The second-order valence-corrected chi connectivity index (χ2v) is 9.42. The molecule has 1 aromatic carbocycles. The summed E-state index contributed by atoms with van der Waals surface area (Å²) in [6.45, 7) is 5.30. The van der Waals surface area contributed by atoms with E-state index < -0.39 is 0 Å². The number of aromatic nitrogens is 2. The van der Waals surface area contributed by atoms with Crippen molar-refractivity contribution in [3.05, 3.63) is 52.9 Å². The van der Waals surface area contributed by atoms with E-state index in [4.69, 9.17) is 4.74 Å². The Bertz CT molecular complexity index is 946. The Morgan fingerprint density at radius 3 is 2.97 bits per heavy atom. The highest BCUT2D eigenvalue weighted by Gasteiger charge is 2.56. The van der Waals surface area contributed by atoms with Crippen LogP contribution >= 0.6 is 0 Å².